The molecule has 0 unspecified atom stereocenters. The van der Waals surface area contributed by atoms with E-state index in [1.807, 2.05) is 59.2 Å². The number of anilines is 2. The number of nitriles is 1. The zero-order valence-electron chi connectivity index (χ0n) is 23.5. The molecule has 5 heterocycles. The molecule has 0 aliphatic carbocycles. The number of halogens is 1. The van der Waals surface area contributed by atoms with Crippen molar-refractivity contribution in [3.05, 3.63) is 102 Å². The number of benzene rings is 2. The first kappa shape index (κ1) is 27.4. The first-order valence-corrected chi connectivity index (χ1v) is 14.5. The van der Waals surface area contributed by atoms with Crippen molar-refractivity contribution in [3.63, 3.8) is 0 Å². The normalized spacial score (nSPS) is 13.7. The van der Waals surface area contributed by atoms with Crippen molar-refractivity contribution in [2.45, 2.75) is 6.54 Å². The highest BCUT2D eigenvalue weighted by atomic mass is 35.5. The second-order valence-corrected chi connectivity index (χ2v) is 10.8. The van der Waals surface area contributed by atoms with Gasteiger partial charge in [-0.2, -0.15) is 10.2 Å². The first-order valence-electron chi connectivity index (χ1n) is 14.1. The van der Waals surface area contributed by atoms with E-state index in [-0.39, 0.29) is 5.82 Å². The standard InChI is InChI=1S/C32H26ClN11/c33-23-4-1-3-22(17-23)26-10-11-27-31(39-26)44(30(40-27)25-5-2-12-36-29(25)35)24-8-6-21(7-9-24)19-42-13-15-43(16-14-42)32-38-20-37-28(18-34)41-32/h1-12,17,20H,13-16,19H2,(H2,35,36). The van der Waals surface area contributed by atoms with E-state index in [1.54, 1.807) is 6.20 Å². The van der Waals surface area contributed by atoms with Crippen LogP contribution in [-0.4, -0.2) is 65.5 Å². The van der Waals surface area contributed by atoms with Crippen molar-refractivity contribution in [3.8, 4) is 34.4 Å². The fourth-order valence-corrected chi connectivity index (χ4v) is 5.60. The number of aromatic nitrogens is 7. The third-order valence-corrected chi connectivity index (χ3v) is 7.85. The molecule has 7 rings (SSSR count). The van der Waals surface area contributed by atoms with E-state index in [1.165, 1.54) is 11.9 Å². The number of rotatable bonds is 6. The summed E-state index contributed by atoms with van der Waals surface area (Å²) in [7, 11) is 0. The Labute approximate surface area is 258 Å². The van der Waals surface area contributed by atoms with Crippen molar-refractivity contribution < 1.29 is 0 Å². The first-order chi connectivity index (χ1) is 21.6. The van der Waals surface area contributed by atoms with Gasteiger partial charge in [-0.3, -0.25) is 9.47 Å². The Morgan fingerprint density at radius 3 is 2.48 bits per heavy atom. The lowest BCUT2D eigenvalue weighted by Gasteiger charge is -2.34. The Bertz CT molecular complexity index is 2010. The molecule has 4 aromatic heterocycles. The number of nitrogen functional groups attached to an aromatic ring is 1. The molecule has 0 atom stereocenters. The van der Waals surface area contributed by atoms with E-state index in [2.05, 4.69) is 54.0 Å². The summed E-state index contributed by atoms with van der Waals surface area (Å²) < 4.78 is 2.03. The summed E-state index contributed by atoms with van der Waals surface area (Å²) in [6.45, 7) is 4.04. The molecule has 44 heavy (non-hydrogen) atoms. The van der Waals surface area contributed by atoms with Gasteiger partial charge < -0.3 is 10.6 Å². The minimum atomic E-state index is 0.133. The smallest absolute Gasteiger partial charge is 0.236 e. The van der Waals surface area contributed by atoms with Crippen LogP contribution in [-0.2, 0) is 6.54 Å². The topological polar surface area (TPSA) is 139 Å². The van der Waals surface area contributed by atoms with E-state index in [9.17, 15) is 0 Å². The Hall–Kier alpha value is -5.44. The lowest BCUT2D eigenvalue weighted by Crippen LogP contribution is -2.46. The lowest BCUT2D eigenvalue weighted by molar-refractivity contribution is 0.248. The van der Waals surface area contributed by atoms with E-state index in [4.69, 9.17) is 32.6 Å². The fraction of sp³-hybridized carbons (Fsp3) is 0.156. The van der Waals surface area contributed by atoms with Gasteiger partial charge in [0.1, 0.15) is 23.7 Å². The molecule has 2 N–H and O–H groups in total. The predicted octanol–water partition coefficient (Wildman–Crippen LogP) is 4.76. The minimum Gasteiger partial charge on any atom is -0.383 e. The van der Waals surface area contributed by atoms with E-state index in [0.717, 1.165) is 60.7 Å². The molecule has 216 valence electrons. The van der Waals surface area contributed by atoms with Crippen molar-refractivity contribution in [1.82, 2.24) is 39.4 Å². The number of nitrogens with zero attached hydrogens (tertiary/aromatic N) is 10. The Kier molecular flexibility index (Phi) is 7.27. The Morgan fingerprint density at radius 1 is 0.864 bits per heavy atom. The van der Waals surface area contributed by atoms with Gasteiger partial charge >= 0.3 is 0 Å². The molecule has 0 radical (unpaired) electrons. The quantitative estimate of drug-likeness (QED) is 0.285. The van der Waals surface area contributed by atoms with Crippen LogP contribution in [0.5, 0.6) is 0 Å². The second-order valence-electron chi connectivity index (χ2n) is 10.4. The third kappa shape index (κ3) is 5.40. The highest BCUT2D eigenvalue weighted by Gasteiger charge is 2.21. The molecule has 2 aromatic carbocycles. The van der Waals surface area contributed by atoms with Gasteiger partial charge in [-0.1, -0.05) is 35.9 Å². The summed E-state index contributed by atoms with van der Waals surface area (Å²) in [5.41, 5.74) is 12.3. The van der Waals surface area contributed by atoms with Crippen LogP contribution in [0.15, 0.2) is 85.3 Å². The number of nitrogens with two attached hydrogens (primary N) is 1. The maximum Gasteiger partial charge on any atom is 0.236 e. The average molecular weight is 600 g/mol. The number of hydrogen-bond donors (Lipinski definition) is 1. The van der Waals surface area contributed by atoms with E-state index in [0.29, 0.717) is 28.3 Å². The van der Waals surface area contributed by atoms with Crippen LogP contribution in [0.25, 0.3) is 39.5 Å². The number of piperazine rings is 1. The van der Waals surface area contributed by atoms with Crippen molar-refractivity contribution >= 4 is 34.5 Å². The lowest BCUT2D eigenvalue weighted by atomic mass is 10.1. The SMILES string of the molecule is N#Cc1ncnc(N2CCN(Cc3ccc(-n4c(-c5cccnc5N)nc5ccc(-c6cccc(Cl)c6)nc54)cc3)CC2)n1. The van der Waals surface area contributed by atoms with Gasteiger partial charge in [-0.05, 0) is 54.1 Å². The van der Waals surface area contributed by atoms with Crippen LogP contribution >= 0.6 is 11.6 Å². The zero-order valence-corrected chi connectivity index (χ0v) is 24.3. The van der Waals surface area contributed by atoms with Crippen LogP contribution in [0.4, 0.5) is 11.8 Å². The predicted molar refractivity (Wildman–Crippen MR) is 169 cm³/mol. The molecule has 1 saturated heterocycles. The summed E-state index contributed by atoms with van der Waals surface area (Å²) in [5, 5.41) is 9.75. The largest absolute Gasteiger partial charge is 0.383 e. The zero-order chi connectivity index (χ0) is 30.0. The molecule has 12 heteroatoms. The molecule has 0 spiro atoms. The van der Waals surface area contributed by atoms with Gasteiger partial charge in [0, 0.05) is 55.2 Å². The van der Waals surface area contributed by atoms with Gasteiger partial charge in [0.05, 0.1) is 11.3 Å². The molecular weight excluding hydrogens is 574 g/mol. The highest BCUT2D eigenvalue weighted by molar-refractivity contribution is 6.30. The molecular formula is C32H26ClN11. The molecule has 1 aliphatic rings. The molecule has 0 saturated carbocycles. The minimum absolute atomic E-state index is 0.133. The monoisotopic (exact) mass is 599 g/mol. The fourth-order valence-electron chi connectivity index (χ4n) is 5.41. The number of fused-ring (bicyclic) bond motifs is 1. The molecule has 1 aliphatic heterocycles. The molecule has 11 nitrogen and oxygen atoms in total. The summed E-state index contributed by atoms with van der Waals surface area (Å²) in [5.74, 6) is 1.75. The summed E-state index contributed by atoms with van der Waals surface area (Å²) in [4.78, 5) is 31.1. The van der Waals surface area contributed by atoms with Crippen molar-refractivity contribution in [2.75, 3.05) is 36.8 Å². The van der Waals surface area contributed by atoms with Gasteiger partial charge in [-0.25, -0.2) is 24.9 Å². The Balaban J connectivity index is 1.17. The number of hydrogen-bond acceptors (Lipinski definition) is 10. The van der Waals surface area contributed by atoms with Gasteiger partial charge in [0.25, 0.3) is 0 Å². The Morgan fingerprint density at radius 2 is 1.70 bits per heavy atom. The van der Waals surface area contributed by atoms with Gasteiger partial charge in [0.2, 0.25) is 11.8 Å². The molecule has 6 aromatic rings. The number of pyridine rings is 2. The molecule has 1 fully saturated rings. The van der Waals surface area contributed by atoms with Crippen LogP contribution in [0.3, 0.4) is 0 Å². The molecule has 0 bridgehead atoms. The van der Waals surface area contributed by atoms with E-state index >= 15 is 0 Å². The summed E-state index contributed by atoms with van der Waals surface area (Å²) in [6.07, 6.45) is 3.06. The van der Waals surface area contributed by atoms with Crippen LogP contribution in [0, 0.1) is 11.3 Å². The van der Waals surface area contributed by atoms with Crippen molar-refractivity contribution in [1.29, 1.82) is 5.26 Å². The van der Waals surface area contributed by atoms with Crippen LogP contribution in [0.1, 0.15) is 11.4 Å². The maximum absolute atomic E-state index is 9.10. The van der Waals surface area contributed by atoms with E-state index < -0.39 is 0 Å². The molecule has 0 amide bonds. The summed E-state index contributed by atoms with van der Waals surface area (Å²) in [6, 6.07) is 25.8. The average Bonchev–Trinajstić information content (AvgIpc) is 3.44. The third-order valence-electron chi connectivity index (χ3n) is 7.62. The highest BCUT2D eigenvalue weighted by Crippen LogP contribution is 2.32. The van der Waals surface area contributed by atoms with Crippen LogP contribution < -0.4 is 10.6 Å². The van der Waals surface area contributed by atoms with Crippen LogP contribution in [0.2, 0.25) is 5.02 Å². The number of imidazole rings is 1. The van der Waals surface area contributed by atoms with Gasteiger partial charge in [0.15, 0.2) is 11.5 Å². The van der Waals surface area contributed by atoms with Gasteiger partial charge in [-0.15, -0.1) is 0 Å². The maximum atomic E-state index is 9.10. The van der Waals surface area contributed by atoms with Crippen molar-refractivity contribution in [2.24, 2.45) is 0 Å². The second kappa shape index (κ2) is 11.7. The summed E-state index contributed by atoms with van der Waals surface area (Å²) >= 11 is 6.28.